The van der Waals surface area contributed by atoms with Gasteiger partial charge in [0.05, 0.1) is 13.0 Å². The highest BCUT2D eigenvalue weighted by atomic mass is 16.6. The minimum atomic E-state index is -1.20. The van der Waals surface area contributed by atoms with E-state index in [1.807, 2.05) is 0 Å². The molecule has 7 nitrogen and oxygen atoms in total. The van der Waals surface area contributed by atoms with Gasteiger partial charge in [-0.15, -0.1) is 0 Å². The van der Waals surface area contributed by atoms with Crippen LogP contribution < -0.4 is 0 Å². The molecule has 0 saturated carbocycles. The molecule has 0 fully saturated rings. The van der Waals surface area contributed by atoms with E-state index in [9.17, 15) is 19.2 Å². The third-order valence-corrected chi connectivity index (χ3v) is 2.56. The minimum Gasteiger partial charge on any atom is -0.466 e. The van der Waals surface area contributed by atoms with E-state index >= 15 is 0 Å². The van der Waals surface area contributed by atoms with Crippen molar-refractivity contribution in [1.29, 1.82) is 0 Å². The van der Waals surface area contributed by atoms with Crippen molar-refractivity contribution >= 4 is 23.9 Å². The molecule has 1 unspecified atom stereocenters. The maximum absolute atomic E-state index is 11.6. The summed E-state index contributed by atoms with van der Waals surface area (Å²) in [6.07, 6.45) is 1.79. The highest BCUT2D eigenvalue weighted by Gasteiger charge is 2.36. The fraction of sp³-hybridized carbons (Fsp3) is 0.538. The molecule has 0 aromatic heterocycles. The van der Waals surface area contributed by atoms with Crippen LogP contribution in [0.3, 0.4) is 0 Å². The van der Waals surface area contributed by atoms with Crippen LogP contribution in [0, 0.1) is 5.92 Å². The lowest BCUT2D eigenvalue weighted by Gasteiger charge is -2.29. The molecule has 0 aliphatic heterocycles. The normalized spacial score (nSPS) is 12.7. The predicted octanol–water partition coefficient (Wildman–Crippen LogP) is 0.763. The quantitative estimate of drug-likeness (QED) is 0.318. The molecule has 0 spiro atoms. The molecule has 0 aliphatic carbocycles. The Morgan fingerprint density at radius 3 is 2.00 bits per heavy atom. The zero-order chi connectivity index (χ0) is 15.9. The van der Waals surface area contributed by atoms with Gasteiger partial charge in [-0.25, -0.2) is 9.59 Å². The average molecular weight is 286 g/mol. The fourth-order valence-electron chi connectivity index (χ4n) is 1.10. The Morgan fingerprint density at radius 1 is 1.05 bits per heavy atom. The second kappa shape index (κ2) is 7.42. The van der Waals surface area contributed by atoms with E-state index in [0.29, 0.717) is 0 Å². The van der Waals surface area contributed by atoms with Crippen LogP contribution in [0.2, 0.25) is 0 Å². The number of hydrogen-bond acceptors (Lipinski definition) is 7. The molecule has 7 heteroatoms. The third-order valence-electron chi connectivity index (χ3n) is 2.56. The molecule has 0 amide bonds. The summed E-state index contributed by atoms with van der Waals surface area (Å²) in [7, 11) is 1.17. The van der Waals surface area contributed by atoms with Crippen LogP contribution >= 0.6 is 0 Å². The van der Waals surface area contributed by atoms with E-state index < -0.39 is 35.4 Å². The van der Waals surface area contributed by atoms with Crippen LogP contribution in [0.5, 0.6) is 0 Å². The molecule has 0 saturated heterocycles. The molecule has 20 heavy (non-hydrogen) atoms. The minimum absolute atomic E-state index is 0.705. The zero-order valence-corrected chi connectivity index (χ0v) is 12.1. The molecule has 0 radical (unpaired) electrons. The van der Waals surface area contributed by atoms with Gasteiger partial charge in [-0.05, 0) is 20.8 Å². The molecule has 0 rings (SSSR count). The van der Waals surface area contributed by atoms with Gasteiger partial charge in [0, 0.05) is 19.1 Å². The Kier molecular flexibility index (Phi) is 6.61. The van der Waals surface area contributed by atoms with E-state index in [1.54, 1.807) is 0 Å². The molecule has 0 aliphatic rings. The van der Waals surface area contributed by atoms with Gasteiger partial charge in [-0.2, -0.15) is 0 Å². The van der Waals surface area contributed by atoms with Gasteiger partial charge in [0.1, 0.15) is 5.60 Å². The van der Waals surface area contributed by atoms with Crippen molar-refractivity contribution in [3.63, 3.8) is 0 Å². The van der Waals surface area contributed by atoms with Crippen LogP contribution in [0.15, 0.2) is 12.2 Å². The Morgan fingerprint density at radius 2 is 1.55 bits per heavy atom. The summed E-state index contributed by atoms with van der Waals surface area (Å²) in [5.74, 6) is -3.92. The van der Waals surface area contributed by atoms with Crippen molar-refractivity contribution in [3.8, 4) is 0 Å². The smallest absolute Gasteiger partial charge is 0.331 e. The summed E-state index contributed by atoms with van der Waals surface area (Å²) in [5.41, 5.74) is -1.20. The number of ether oxygens (including phenoxy) is 3. The van der Waals surface area contributed by atoms with Crippen molar-refractivity contribution in [2.45, 2.75) is 33.3 Å². The van der Waals surface area contributed by atoms with Crippen molar-refractivity contribution in [3.05, 3.63) is 12.2 Å². The largest absolute Gasteiger partial charge is 0.466 e. The van der Waals surface area contributed by atoms with Gasteiger partial charge in [0.15, 0.2) is 0 Å². The van der Waals surface area contributed by atoms with Crippen molar-refractivity contribution in [2.75, 3.05) is 7.11 Å². The monoisotopic (exact) mass is 286 g/mol. The fourth-order valence-corrected chi connectivity index (χ4v) is 1.10. The maximum atomic E-state index is 11.6. The molecule has 1 atom stereocenters. The highest BCUT2D eigenvalue weighted by Crippen LogP contribution is 2.23. The Bertz CT molecular complexity index is 434. The van der Waals surface area contributed by atoms with Crippen molar-refractivity contribution < 1.29 is 33.4 Å². The highest BCUT2D eigenvalue weighted by molar-refractivity contribution is 5.92. The lowest BCUT2D eigenvalue weighted by molar-refractivity contribution is -0.171. The van der Waals surface area contributed by atoms with Crippen molar-refractivity contribution in [1.82, 2.24) is 0 Å². The topological polar surface area (TPSA) is 96.0 Å². The summed E-state index contributed by atoms with van der Waals surface area (Å²) < 4.78 is 13.8. The first-order chi connectivity index (χ1) is 9.10. The molecule has 0 aromatic carbocycles. The van der Waals surface area contributed by atoms with Gasteiger partial charge < -0.3 is 14.2 Å². The van der Waals surface area contributed by atoms with E-state index in [4.69, 9.17) is 4.74 Å². The second-order valence-electron chi connectivity index (χ2n) is 4.52. The SMILES string of the molecule is COC(=O)/C=C/C(=O)OC(C)(C)C(C)C(=O)OC(C)=O. The lowest BCUT2D eigenvalue weighted by Crippen LogP contribution is -2.40. The molecule has 0 aromatic rings. The van der Waals surface area contributed by atoms with Gasteiger partial charge in [-0.1, -0.05) is 0 Å². The Labute approximate surface area is 116 Å². The van der Waals surface area contributed by atoms with Gasteiger partial charge >= 0.3 is 23.9 Å². The molecule has 112 valence electrons. The number of rotatable bonds is 5. The summed E-state index contributed by atoms with van der Waals surface area (Å²) in [5, 5.41) is 0. The molecule has 0 bridgehead atoms. The number of carbonyl (C=O) groups is 4. The standard InChI is InChI=1S/C13H18O7/c1-8(12(17)19-9(2)14)13(3,4)20-11(16)7-6-10(15)18-5/h6-8H,1-5H3/b7-6+. The van der Waals surface area contributed by atoms with Gasteiger partial charge in [0.25, 0.3) is 0 Å². The van der Waals surface area contributed by atoms with Crippen LogP contribution in [0.4, 0.5) is 0 Å². The second-order valence-corrected chi connectivity index (χ2v) is 4.52. The molecular weight excluding hydrogens is 268 g/mol. The van der Waals surface area contributed by atoms with Crippen LogP contribution in [0.25, 0.3) is 0 Å². The van der Waals surface area contributed by atoms with E-state index in [2.05, 4.69) is 9.47 Å². The predicted molar refractivity (Wildman–Crippen MR) is 67.3 cm³/mol. The first-order valence-corrected chi connectivity index (χ1v) is 5.81. The lowest BCUT2D eigenvalue weighted by atomic mass is 9.92. The van der Waals surface area contributed by atoms with Crippen LogP contribution in [0.1, 0.15) is 27.7 Å². The van der Waals surface area contributed by atoms with E-state index in [1.165, 1.54) is 27.9 Å². The van der Waals surface area contributed by atoms with Gasteiger partial charge in [0.2, 0.25) is 0 Å². The summed E-state index contributed by atoms with van der Waals surface area (Å²) >= 11 is 0. The van der Waals surface area contributed by atoms with Crippen molar-refractivity contribution in [2.24, 2.45) is 5.92 Å². The van der Waals surface area contributed by atoms with E-state index in [-0.39, 0.29) is 0 Å². The third kappa shape index (κ3) is 6.12. The molecule has 0 N–H and O–H groups in total. The Hall–Kier alpha value is -2.18. The number of esters is 4. The number of methoxy groups -OCH3 is 1. The number of hydrogen-bond donors (Lipinski definition) is 0. The summed E-state index contributed by atoms with van der Waals surface area (Å²) in [6.45, 7) is 5.54. The maximum Gasteiger partial charge on any atom is 0.331 e. The first kappa shape index (κ1) is 17.8. The molecule has 0 heterocycles. The molecular formula is C13H18O7. The van der Waals surface area contributed by atoms with Crippen LogP contribution in [-0.2, 0) is 33.4 Å². The first-order valence-electron chi connectivity index (χ1n) is 5.81. The average Bonchev–Trinajstić information content (AvgIpc) is 2.33. The Balaban J connectivity index is 4.68. The van der Waals surface area contributed by atoms with Gasteiger partial charge in [-0.3, -0.25) is 9.59 Å². The summed E-state index contributed by atoms with van der Waals surface area (Å²) in [6, 6.07) is 0. The zero-order valence-electron chi connectivity index (χ0n) is 12.1. The van der Waals surface area contributed by atoms with Crippen LogP contribution in [-0.4, -0.2) is 36.6 Å². The number of carbonyl (C=O) groups excluding carboxylic acids is 4. The van der Waals surface area contributed by atoms with E-state index in [0.717, 1.165) is 19.1 Å². The summed E-state index contributed by atoms with van der Waals surface area (Å²) in [4.78, 5) is 44.6.